The molecule has 0 saturated heterocycles. The summed E-state index contributed by atoms with van der Waals surface area (Å²) in [6.07, 6.45) is 1.56. The Morgan fingerprint density at radius 1 is 1.15 bits per heavy atom. The van der Waals surface area contributed by atoms with Gasteiger partial charge in [0.05, 0.1) is 34.8 Å². The van der Waals surface area contributed by atoms with Crippen LogP contribution < -0.4 is 20.5 Å². The molecule has 0 aliphatic carbocycles. The number of esters is 1. The van der Waals surface area contributed by atoms with Crippen LogP contribution in [0.3, 0.4) is 0 Å². The van der Waals surface area contributed by atoms with Gasteiger partial charge in [-0.15, -0.1) is 11.3 Å². The van der Waals surface area contributed by atoms with E-state index in [1.54, 1.807) is 36.4 Å². The van der Waals surface area contributed by atoms with Gasteiger partial charge in [-0.05, 0) is 41.5 Å². The molecule has 6 nitrogen and oxygen atoms in total. The van der Waals surface area contributed by atoms with E-state index >= 15 is 0 Å². The summed E-state index contributed by atoms with van der Waals surface area (Å²) in [5.74, 6) is -1.81. The van der Waals surface area contributed by atoms with E-state index in [0.29, 0.717) is 26.2 Å². The minimum atomic E-state index is -0.966. The highest BCUT2D eigenvalue weighted by Gasteiger charge is 2.37. The zero-order chi connectivity index (χ0) is 24.7. The van der Waals surface area contributed by atoms with Crippen LogP contribution in [-0.4, -0.2) is 17.6 Å². The first kappa shape index (κ1) is 24.4. The van der Waals surface area contributed by atoms with Gasteiger partial charge in [0.1, 0.15) is 10.5 Å². The second-order valence-corrected chi connectivity index (χ2v) is 9.85. The molecule has 172 valence electrons. The number of nitrogens with two attached hydrogens (primary N) is 1. The number of carbonyl (C=O) groups is 1. The van der Waals surface area contributed by atoms with Crippen LogP contribution in [0.5, 0.6) is 0 Å². The predicted octanol–water partition coefficient (Wildman–Crippen LogP) is 4.12. The van der Waals surface area contributed by atoms with Gasteiger partial charge in [-0.2, -0.15) is 5.26 Å². The lowest BCUT2D eigenvalue weighted by molar-refractivity contribution is -0.134. The Labute approximate surface area is 217 Å². The lowest BCUT2D eigenvalue weighted by atomic mass is 9.84. The van der Waals surface area contributed by atoms with Crippen molar-refractivity contribution in [3.05, 3.63) is 92.7 Å². The van der Waals surface area contributed by atoms with Gasteiger partial charge >= 0.3 is 5.97 Å². The van der Waals surface area contributed by atoms with Gasteiger partial charge < -0.3 is 10.5 Å². The van der Waals surface area contributed by atoms with E-state index in [-0.39, 0.29) is 31.2 Å². The van der Waals surface area contributed by atoms with Gasteiger partial charge in [-0.25, -0.2) is 4.79 Å². The zero-order valence-electron chi connectivity index (χ0n) is 17.2. The van der Waals surface area contributed by atoms with Gasteiger partial charge in [0.2, 0.25) is 0 Å². The number of aromatic nitrogens is 1. The van der Waals surface area contributed by atoms with Crippen LogP contribution in [0, 0.1) is 11.3 Å². The van der Waals surface area contributed by atoms with E-state index in [1.807, 2.05) is 6.07 Å². The van der Waals surface area contributed by atoms with Crippen molar-refractivity contribution < 1.29 is 9.53 Å². The maximum atomic E-state index is 13.3. The van der Waals surface area contributed by atoms with Gasteiger partial charge in [0, 0.05) is 20.1 Å². The molecule has 2 N–H and O–H groups in total. The SMILES string of the molecule is COC(=O)C1=c2s/c(=C\c3ccc(Cl)cc3Cl)c(=O)n2C(N)=C(C#N)[C@H]1c1ccc(Cl)cc1Cl. The zero-order valence-corrected chi connectivity index (χ0v) is 21.1. The molecule has 2 heterocycles. The third-order valence-corrected chi connectivity index (χ3v) is 7.43. The second-order valence-electron chi connectivity index (χ2n) is 7.14. The van der Waals surface area contributed by atoms with E-state index < -0.39 is 17.4 Å². The number of methoxy groups -OCH3 is 1. The fourth-order valence-corrected chi connectivity index (χ4v) is 5.80. The predicted molar refractivity (Wildman–Crippen MR) is 136 cm³/mol. The normalized spacial score (nSPS) is 15.8. The van der Waals surface area contributed by atoms with Crippen molar-refractivity contribution in [3.8, 4) is 6.07 Å². The van der Waals surface area contributed by atoms with E-state index in [9.17, 15) is 14.9 Å². The molecule has 34 heavy (non-hydrogen) atoms. The first-order valence-electron chi connectivity index (χ1n) is 9.54. The monoisotopic (exact) mass is 551 g/mol. The molecule has 0 saturated carbocycles. The van der Waals surface area contributed by atoms with E-state index in [1.165, 1.54) is 13.2 Å². The first-order valence-corrected chi connectivity index (χ1v) is 11.9. The highest BCUT2D eigenvalue weighted by Crippen LogP contribution is 2.40. The van der Waals surface area contributed by atoms with Crippen molar-refractivity contribution in [1.82, 2.24) is 4.57 Å². The van der Waals surface area contributed by atoms with Crippen molar-refractivity contribution >= 4 is 81.2 Å². The Bertz CT molecular complexity index is 1620. The molecule has 0 bridgehead atoms. The molecule has 0 unspecified atom stereocenters. The van der Waals surface area contributed by atoms with E-state index in [0.717, 1.165) is 15.9 Å². The number of benzene rings is 2. The van der Waals surface area contributed by atoms with Crippen LogP contribution in [0.15, 0.2) is 46.8 Å². The minimum Gasteiger partial charge on any atom is -0.466 e. The Hall–Kier alpha value is -2.73. The highest BCUT2D eigenvalue weighted by molar-refractivity contribution is 7.07. The summed E-state index contributed by atoms with van der Waals surface area (Å²) in [5.41, 5.74) is 6.79. The summed E-state index contributed by atoms with van der Waals surface area (Å²) in [5, 5.41) is 11.4. The fourth-order valence-electron chi connectivity index (χ4n) is 3.66. The Kier molecular flexibility index (Phi) is 6.81. The number of halogens is 4. The van der Waals surface area contributed by atoms with Crippen LogP contribution in [0.1, 0.15) is 17.0 Å². The molecule has 1 aromatic heterocycles. The molecular weight excluding hydrogens is 540 g/mol. The van der Waals surface area contributed by atoms with Crippen LogP contribution in [0.25, 0.3) is 17.5 Å². The number of fused-ring (bicyclic) bond motifs is 1. The minimum absolute atomic E-state index is 0.0203. The fraction of sp³-hybridized carbons (Fsp3) is 0.0870. The van der Waals surface area contributed by atoms with Gasteiger partial charge in [0.15, 0.2) is 0 Å². The average Bonchev–Trinajstić information content (AvgIpc) is 3.11. The number of nitriles is 1. The quantitative estimate of drug-likeness (QED) is 0.493. The van der Waals surface area contributed by atoms with Crippen molar-refractivity contribution in [1.29, 1.82) is 5.26 Å². The first-order chi connectivity index (χ1) is 16.2. The number of hydrogen-bond donors (Lipinski definition) is 1. The lowest BCUT2D eigenvalue weighted by Crippen LogP contribution is -2.40. The van der Waals surface area contributed by atoms with Crippen molar-refractivity contribution in [2.75, 3.05) is 7.11 Å². The standard InChI is InChI=1S/C23H13Cl4N3O3S/c1-33-23(32)19-18(13-5-4-12(25)8-16(13)27)14(9-28)20(29)30-21(31)17(34-22(19)30)6-10-2-3-11(24)7-15(10)26/h2-8,18H,29H2,1H3/b17-6-/t18-/m1/s1. The van der Waals surface area contributed by atoms with Crippen molar-refractivity contribution in [3.63, 3.8) is 0 Å². The molecule has 1 aliphatic heterocycles. The summed E-state index contributed by atoms with van der Waals surface area (Å²) in [6, 6.07) is 11.6. The van der Waals surface area contributed by atoms with Crippen LogP contribution in [0.2, 0.25) is 20.1 Å². The maximum absolute atomic E-state index is 13.3. The third kappa shape index (κ3) is 4.13. The second kappa shape index (κ2) is 9.49. The number of thiazole rings is 1. The van der Waals surface area contributed by atoms with Gasteiger partial charge in [-0.3, -0.25) is 9.36 Å². The molecule has 4 rings (SSSR count). The Morgan fingerprint density at radius 2 is 1.79 bits per heavy atom. The highest BCUT2D eigenvalue weighted by atomic mass is 35.5. The summed E-state index contributed by atoms with van der Waals surface area (Å²) >= 11 is 25.7. The molecule has 1 atom stereocenters. The molecular formula is C23H13Cl4N3O3S. The largest absolute Gasteiger partial charge is 0.466 e. The Balaban J connectivity index is 2.12. The number of rotatable bonds is 3. The summed E-state index contributed by atoms with van der Waals surface area (Å²) in [4.78, 5) is 26.3. The van der Waals surface area contributed by atoms with Crippen LogP contribution in [0.4, 0.5) is 0 Å². The van der Waals surface area contributed by atoms with Gasteiger partial charge in [0.25, 0.3) is 5.56 Å². The number of hydrogen-bond acceptors (Lipinski definition) is 6. The van der Waals surface area contributed by atoms with Gasteiger partial charge in [-0.1, -0.05) is 58.5 Å². The summed E-state index contributed by atoms with van der Waals surface area (Å²) < 4.78 is 6.61. The van der Waals surface area contributed by atoms with Crippen LogP contribution in [-0.2, 0) is 9.53 Å². The number of nitrogens with zero attached hydrogens (tertiary/aromatic N) is 2. The smallest absolute Gasteiger partial charge is 0.337 e. The maximum Gasteiger partial charge on any atom is 0.337 e. The number of carbonyl (C=O) groups excluding carboxylic acids is 1. The molecule has 0 spiro atoms. The number of allylic oxidation sites excluding steroid dienone is 1. The van der Waals surface area contributed by atoms with Crippen molar-refractivity contribution in [2.45, 2.75) is 5.92 Å². The van der Waals surface area contributed by atoms with Crippen LogP contribution >= 0.6 is 57.7 Å². The molecule has 3 aromatic rings. The molecule has 2 aromatic carbocycles. The molecule has 1 aliphatic rings. The molecule has 0 radical (unpaired) electrons. The summed E-state index contributed by atoms with van der Waals surface area (Å²) in [7, 11) is 1.21. The molecule has 0 fully saturated rings. The third-order valence-electron chi connectivity index (χ3n) is 5.20. The topological polar surface area (TPSA) is 98.1 Å². The van der Waals surface area contributed by atoms with E-state index in [4.69, 9.17) is 56.9 Å². The molecule has 0 amide bonds. The average molecular weight is 553 g/mol. The lowest BCUT2D eigenvalue weighted by Gasteiger charge is -2.25. The Morgan fingerprint density at radius 3 is 2.38 bits per heavy atom. The summed E-state index contributed by atoms with van der Waals surface area (Å²) in [6.45, 7) is 0. The molecule has 11 heteroatoms. The van der Waals surface area contributed by atoms with Crippen molar-refractivity contribution in [2.24, 2.45) is 5.73 Å². The number of ether oxygens (including phenoxy) is 1. The van der Waals surface area contributed by atoms with E-state index in [2.05, 4.69) is 0 Å².